The minimum atomic E-state index is -3.81. The van der Waals surface area contributed by atoms with Crippen LogP contribution in [0.4, 0.5) is 10.1 Å². The molecule has 6 nitrogen and oxygen atoms in total. The van der Waals surface area contributed by atoms with E-state index >= 15 is 0 Å². The van der Waals surface area contributed by atoms with E-state index in [9.17, 15) is 17.6 Å². The fourth-order valence-corrected chi connectivity index (χ4v) is 2.94. The molecule has 23 heavy (non-hydrogen) atoms. The number of anilines is 1. The number of aliphatic carboxylic acids is 1. The molecule has 2 aromatic rings. The van der Waals surface area contributed by atoms with Gasteiger partial charge in [-0.1, -0.05) is 12.1 Å². The molecule has 0 unspecified atom stereocenters. The van der Waals surface area contributed by atoms with Gasteiger partial charge in [0.2, 0.25) is 0 Å². The van der Waals surface area contributed by atoms with Crippen molar-refractivity contribution in [2.75, 3.05) is 4.72 Å². The number of hydrogen-bond acceptors (Lipinski definition) is 4. The highest BCUT2D eigenvalue weighted by Crippen LogP contribution is 2.17. The molecule has 0 bridgehead atoms. The van der Waals surface area contributed by atoms with Crippen LogP contribution in [-0.2, 0) is 21.2 Å². The van der Waals surface area contributed by atoms with E-state index in [1.54, 1.807) is 12.1 Å². The molecular weight excluding hydrogens is 323 g/mol. The number of carbonyl (C=O) groups is 1. The van der Waals surface area contributed by atoms with Crippen LogP contribution in [0.25, 0.3) is 0 Å². The maximum absolute atomic E-state index is 12.8. The summed E-state index contributed by atoms with van der Waals surface area (Å²) in [6.45, 7) is 0. The molecule has 0 saturated heterocycles. The highest BCUT2D eigenvalue weighted by atomic mass is 32.2. The van der Waals surface area contributed by atoms with Gasteiger partial charge in [0.1, 0.15) is 11.9 Å². The zero-order valence-corrected chi connectivity index (χ0v) is 12.8. The Morgan fingerprint density at radius 2 is 1.70 bits per heavy atom. The lowest BCUT2D eigenvalue weighted by Crippen LogP contribution is -2.32. The van der Waals surface area contributed by atoms with Crippen molar-refractivity contribution in [2.45, 2.75) is 17.4 Å². The standard InChI is InChI=1S/C15H15FN2O4S/c16-11-3-7-13(8-4-11)23(21,22)18-12-5-1-10(2-6-12)9-14(17)15(19)20/h1-8,14,18H,9,17H2,(H,19,20)/t14-/m1/s1. The molecule has 8 heteroatoms. The lowest BCUT2D eigenvalue weighted by molar-refractivity contribution is -0.138. The molecule has 0 radical (unpaired) electrons. The van der Waals surface area contributed by atoms with Gasteiger partial charge in [0.25, 0.3) is 10.0 Å². The van der Waals surface area contributed by atoms with Crippen LogP contribution in [0.15, 0.2) is 53.4 Å². The van der Waals surface area contributed by atoms with Crippen LogP contribution in [0.5, 0.6) is 0 Å². The highest BCUT2D eigenvalue weighted by molar-refractivity contribution is 7.92. The third-order valence-corrected chi connectivity index (χ3v) is 4.50. The van der Waals surface area contributed by atoms with Crippen LogP contribution in [0.3, 0.4) is 0 Å². The molecule has 122 valence electrons. The van der Waals surface area contributed by atoms with E-state index in [-0.39, 0.29) is 11.3 Å². The van der Waals surface area contributed by atoms with Crippen molar-refractivity contribution in [1.82, 2.24) is 0 Å². The first-order valence-electron chi connectivity index (χ1n) is 6.63. The number of sulfonamides is 1. The normalized spacial score (nSPS) is 12.6. The maximum Gasteiger partial charge on any atom is 0.320 e. The zero-order valence-electron chi connectivity index (χ0n) is 11.9. The molecule has 0 spiro atoms. The quantitative estimate of drug-likeness (QED) is 0.741. The third kappa shape index (κ3) is 4.51. The Morgan fingerprint density at radius 3 is 2.22 bits per heavy atom. The first kappa shape index (κ1) is 16.9. The van der Waals surface area contributed by atoms with Gasteiger partial charge in [-0.15, -0.1) is 0 Å². The fraction of sp³-hybridized carbons (Fsp3) is 0.133. The van der Waals surface area contributed by atoms with Gasteiger partial charge in [-0.25, -0.2) is 12.8 Å². The zero-order chi connectivity index (χ0) is 17.0. The molecule has 2 aromatic carbocycles. The Kier molecular flexibility index (Phi) is 4.97. The fourth-order valence-electron chi connectivity index (χ4n) is 1.88. The van der Waals surface area contributed by atoms with Crippen LogP contribution in [-0.4, -0.2) is 25.5 Å². The van der Waals surface area contributed by atoms with Crippen LogP contribution >= 0.6 is 0 Å². The summed E-state index contributed by atoms with van der Waals surface area (Å²) in [4.78, 5) is 10.6. The molecule has 0 aliphatic rings. The van der Waals surface area contributed by atoms with Crippen molar-refractivity contribution < 1.29 is 22.7 Å². The van der Waals surface area contributed by atoms with Crippen LogP contribution in [0.2, 0.25) is 0 Å². The molecule has 0 aliphatic heterocycles. The highest BCUT2D eigenvalue weighted by Gasteiger charge is 2.15. The summed E-state index contributed by atoms with van der Waals surface area (Å²) in [5.41, 5.74) is 6.41. The van der Waals surface area contributed by atoms with E-state index in [0.717, 1.165) is 24.3 Å². The second-order valence-electron chi connectivity index (χ2n) is 4.91. The molecule has 0 fully saturated rings. The van der Waals surface area contributed by atoms with E-state index in [1.807, 2.05) is 0 Å². The molecule has 0 aliphatic carbocycles. The Balaban J connectivity index is 2.11. The van der Waals surface area contributed by atoms with Gasteiger partial charge in [0.15, 0.2) is 0 Å². The first-order chi connectivity index (χ1) is 10.8. The Labute approximate surface area is 132 Å². The molecule has 0 saturated carbocycles. The summed E-state index contributed by atoms with van der Waals surface area (Å²) in [6, 6.07) is 9.62. The summed E-state index contributed by atoms with van der Waals surface area (Å²) in [5.74, 6) is -1.63. The summed E-state index contributed by atoms with van der Waals surface area (Å²) in [6.07, 6.45) is 0.139. The minimum absolute atomic E-state index is 0.0594. The Bertz CT molecular complexity index is 789. The molecule has 4 N–H and O–H groups in total. The number of carboxylic acids is 1. The lowest BCUT2D eigenvalue weighted by Gasteiger charge is -2.10. The van der Waals surface area contributed by atoms with Gasteiger partial charge < -0.3 is 10.8 Å². The third-order valence-electron chi connectivity index (χ3n) is 3.10. The number of nitrogens with one attached hydrogen (secondary N) is 1. The van der Waals surface area contributed by atoms with Gasteiger partial charge in [-0.3, -0.25) is 9.52 Å². The first-order valence-corrected chi connectivity index (χ1v) is 8.12. The second-order valence-corrected chi connectivity index (χ2v) is 6.59. The van der Waals surface area contributed by atoms with Crippen LogP contribution < -0.4 is 10.5 Å². The smallest absolute Gasteiger partial charge is 0.320 e. The lowest BCUT2D eigenvalue weighted by atomic mass is 10.1. The SMILES string of the molecule is N[C@H](Cc1ccc(NS(=O)(=O)c2ccc(F)cc2)cc1)C(=O)O. The molecule has 0 aromatic heterocycles. The monoisotopic (exact) mass is 338 g/mol. The second kappa shape index (κ2) is 6.76. The molecular formula is C15H15FN2O4S. The predicted molar refractivity (Wildman–Crippen MR) is 83.0 cm³/mol. The average molecular weight is 338 g/mol. The van der Waals surface area contributed by atoms with Crippen molar-refractivity contribution in [3.63, 3.8) is 0 Å². The summed E-state index contributed by atoms with van der Waals surface area (Å²) in [5, 5.41) is 8.75. The summed E-state index contributed by atoms with van der Waals surface area (Å²) >= 11 is 0. The van der Waals surface area contributed by atoms with Crippen molar-refractivity contribution >= 4 is 21.7 Å². The van der Waals surface area contributed by atoms with Crippen molar-refractivity contribution in [2.24, 2.45) is 5.73 Å². The van der Waals surface area contributed by atoms with Crippen molar-refractivity contribution in [3.8, 4) is 0 Å². The summed E-state index contributed by atoms with van der Waals surface area (Å²) in [7, 11) is -3.81. The summed E-state index contributed by atoms with van der Waals surface area (Å²) < 4.78 is 39.5. The van der Waals surface area contributed by atoms with E-state index in [2.05, 4.69) is 4.72 Å². The molecule has 0 amide bonds. The van der Waals surface area contributed by atoms with Crippen LogP contribution in [0.1, 0.15) is 5.56 Å². The number of halogens is 1. The van der Waals surface area contributed by atoms with Gasteiger partial charge >= 0.3 is 5.97 Å². The average Bonchev–Trinajstić information content (AvgIpc) is 2.49. The van der Waals surface area contributed by atoms with E-state index < -0.39 is 27.9 Å². The van der Waals surface area contributed by atoms with Gasteiger partial charge in [-0.05, 0) is 48.4 Å². The van der Waals surface area contributed by atoms with Gasteiger partial charge in [0.05, 0.1) is 4.90 Å². The van der Waals surface area contributed by atoms with Gasteiger partial charge in [0, 0.05) is 5.69 Å². The van der Waals surface area contributed by atoms with Crippen LogP contribution in [0, 0.1) is 5.82 Å². The molecule has 2 rings (SSSR count). The van der Waals surface area contributed by atoms with E-state index in [1.165, 1.54) is 12.1 Å². The molecule has 1 atom stereocenters. The van der Waals surface area contributed by atoms with Crippen molar-refractivity contribution in [3.05, 3.63) is 59.9 Å². The minimum Gasteiger partial charge on any atom is -0.480 e. The maximum atomic E-state index is 12.8. The largest absolute Gasteiger partial charge is 0.480 e. The predicted octanol–water partition coefficient (Wildman–Crippen LogP) is 1.58. The Morgan fingerprint density at radius 1 is 1.13 bits per heavy atom. The topological polar surface area (TPSA) is 109 Å². The number of benzene rings is 2. The Hall–Kier alpha value is -2.45. The van der Waals surface area contributed by atoms with E-state index in [0.29, 0.717) is 11.3 Å². The van der Waals surface area contributed by atoms with Crippen molar-refractivity contribution in [1.29, 1.82) is 0 Å². The number of carboxylic acid groups (broad SMARTS) is 1. The molecule has 0 heterocycles. The number of rotatable bonds is 6. The van der Waals surface area contributed by atoms with Gasteiger partial charge in [-0.2, -0.15) is 0 Å². The number of nitrogens with two attached hydrogens (primary N) is 1. The number of hydrogen-bond donors (Lipinski definition) is 3. The van der Waals surface area contributed by atoms with E-state index in [4.69, 9.17) is 10.8 Å².